The van der Waals surface area contributed by atoms with Crippen molar-refractivity contribution < 1.29 is 4.39 Å². The molecule has 0 bridgehead atoms. The summed E-state index contributed by atoms with van der Waals surface area (Å²) in [5, 5.41) is 0. The summed E-state index contributed by atoms with van der Waals surface area (Å²) >= 11 is 0. The highest BCUT2D eigenvalue weighted by Gasteiger charge is 2.18. The fourth-order valence-corrected chi connectivity index (χ4v) is 2.22. The molecule has 0 saturated carbocycles. The second-order valence-electron chi connectivity index (χ2n) is 4.40. The van der Waals surface area contributed by atoms with E-state index >= 15 is 0 Å². The number of nitrogens with two attached hydrogens (primary N) is 1. The summed E-state index contributed by atoms with van der Waals surface area (Å²) in [5.74, 6) is 0.435. The maximum absolute atomic E-state index is 12.9. The van der Waals surface area contributed by atoms with Crippen LogP contribution in [0.5, 0.6) is 0 Å². The van der Waals surface area contributed by atoms with E-state index in [2.05, 4.69) is 11.8 Å². The number of benzene rings is 1. The fourth-order valence-electron chi connectivity index (χ4n) is 2.22. The summed E-state index contributed by atoms with van der Waals surface area (Å²) in [7, 11) is 0. The molecule has 1 aromatic rings. The van der Waals surface area contributed by atoms with Crippen LogP contribution in [0.2, 0.25) is 0 Å². The highest BCUT2D eigenvalue weighted by Crippen LogP contribution is 2.28. The molecule has 90 valence electrons. The highest BCUT2D eigenvalue weighted by molar-refractivity contribution is 5.85. The molecule has 1 atom stereocenters. The van der Waals surface area contributed by atoms with Crippen molar-refractivity contribution in [3.05, 3.63) is 24.0 Å². The van der Waals surface area contributed by atoms with Crippen molar-refractivity contribution in [3.8, 4) is 0 Å². The molecule has 1 unspecified atom stereocenters. The van der Waals surface area contributed by atoms with Gasteiger partial charge in [-0.3, -0.25) is 0 Å². The van der Waals surface area contributed by atoms with Gasteiger partial charge in [-0.1, -0.05) is 6.92 Å². The van der Waals surface area contributed by atoms with Crippen LogP contribution in [-0.2, 0) is 0 Å². The standard InChI is InChI=1S/C12H17FN2.ClH/c1-9-3-2-6-15(8-9)12-5-4-10(13)7-11(12)14;/h4-5,7,9H,2-3,6,8,14H2,1H3;1H. The Labute approximate surface area is 102 Å². The number of hydrogen-bond acceptors (Lipinski definition) is 2. The SMILES string of the molecule is CC1CCCN(c2ccc(F)cc2N)C1.Cl. The number of piperidine rings is 1. The Kier molecular flexibility index (Phi) is 4.42. The number of nitrogen functional groups attached to an aromatic ring is 1. The van der Waals surface area contributed by atoms with Gasteiger partial charge in [0.1, 0.15) is 5.82 Å². The molecule has 1 aliphatic rings. The molecule has 1 aromatic carbocycles. The minimum Gasteiger partial charge on any atom is -0.397 e. The second-order valence-corrected chi connectivity index (χ2v) is 4.40. The molecule has 0 radical (unpaired) electrons. The topological polar surface area (TPSA) is 29.3 Å². The Morgan fingerprint density at radius 1 is 1.44 bits per heavy atom. The van der Waals surface area contributed by atoms with Gasteiger partial charge >= 0.3 is 0 Å². The summed E-state index contributed by atoms with van der Waals surface area (Å²) in [6.45, 7) is 4.29. The maximum atomic E-state index is 12.9. The van der Waals surface area contributed by atoms with E-state index in [1.807, 2.05) is 0 Å². The first-order valence-corrected chi connectivity index (χ1v) is 5.47. The molecule has 16 heavy (non-hydrogen) atoms. The summed E-state index contributed by atoms with van der Waals surface area (Å²) in [6.07, 6.45) is 2.47. The molecule has 2 rings (SSSR count). The van der Waals surface area contributed by atoms with Crippen molar-refractivity contribution >= 4 is 23.8 Å². The number of halogens is 2. The van der Waals surface area contributed by atoms with Crippen LogP contribution in [0.15, 0.2) is 18.2 Å². The molecule has 0 amide bonds. The molecular weight excluding hydrogens is 227 g/mol. The van der Waals surface area contributed by atoms with Crippen molar-refractivity contribution in [2.24, 2.45) is 5.92 Å². The van der Waals surface area contributed by atoms with Crippen molar-refractivity contribution in [1.29, 1.82) is 0 Å². The van der Waals surface area contributed by atoms with Crippen LogP contribution < -0.4 is 10.6 Å². The first kappa shape index (κ1) is 13.1. The average molecular weight is 245 g/mol. The molecule has 1 saturated heterocycles. The van der Waals surface area contributed by atoms with E-state index in [4.69, 9.17) is 5.73 Å². The summed E-state index contributed by atoms with van der Waals surface area (Å²) in [5.41, 5.74) is 7.34. The minimum atomic E-state index is -0.263. The Hall–Kier alpha value is -0.960. The van der Waals surface area contributed by atoms with E-state index in [0.717, 1.165) is 18.8 Å². The van der Waals surface area contributed by atoms with Crippen LogP contribution in [0, 0.1) is 11.7 Å². The lowest BCUT2D eigenvalue weighted by atomic mass is 9.99. The van der Waals surface area contributed by atoms with E-state index in [1.54, 1.807) is 6.07 Å². The maximum Gasteiger partial charge on any atom is 0.125 e. The summed E-state index contributed by atoms with van der Waals surface area (Å²) in [6, 6.07) is 4.66. The largest absolute Gasteiger partial charge is 0.397 e. The smallest absolute Gasteiger partial charge is 0.125 e. The zero-order chi connectivity index (χ0) is 10.8. The quantitative estimate of drug-likeness (QED) is 0.770. The fraction of sp³-hybridized carbons (Fsp3) is 0.500. The lowest BCUT2D eigenvalue weighted by Crippen LogP contribution is -2.34. The van der Waals surface area contributed by atoms with Crippen molar-refractivity contribution in [3.63, 3.8) is 0 Å². The van der Waals surface area contributed by atoms with Gasteiger partial charge in [0.15, 0.2) is 0 Å². The third kappa shape index (κ3) is 2.79. The van der Waals surface area contributed by atoms with E-state index in [0.29, 0.717) is 11.6 Å². The molecule has 1 aliphatic heterocycles. The number of rotatable bonds is 1. The van der Waals surface area contributed by atoms with Crippen LogP contribution >= 0.6 is 12.4 Å². The zero-order valence-corrected chi connectivity index (χ0v) is 10.3. The van der Waals surface area contributed by atoms with Gasteiger partial charge in [0, 0.05) is 13.1 Å². The van der Waals surface area contributed by atoms with E-state index in [-0.39, 0.29) is 18.2 Å². The molecule has 1 fully saturated rings. The van der Waals surface area contributed by atoms with Gasteiger partial charge in [0.05, 0.1) is 11.4 Å². The zero-order valence-electron chi connectivity index (χ0n) is 9.45. The van der Waals surface area contributed by atoms with Crippen LogP contribution in [0.4, 0.5) is 15.8 Å². The number of nitrogens with zero attached hydrogens (tertiary/aromatic N) is 1. The molecule has 0 aromatic heterocycles. The van der Waals surface area contributed by atoms with Gasteiger partial charge in [-0.2, -0.15) is 0 Å². The Bertz CT molecular complexity index is 357. The lowest BCUT2D eigenvalue weighted by Gasteiger charge is -2.33. The van der Waals surface area contributed by atoms with Gasteiger partial charge in [0.25, 0.3) is 0 Å². The third-order valence-corrected chi connectivity index (χ3v) is 2.99. The normalized spacial score (nSPS) is 20.4. The second kappa shape index (κ2) is 5.39. The van der Waals surface area contributed by atoms with Gasteiger partial charge in [-0.05, 0) is 37.0 Å². The molecule has 0 spiro atoms. The van der Waals surface area contributed by atoms with Gasteiger partial charge in [-0.25, -0.2) is 4.39 Å². The number of anilines is 2. The van der Waals surface area contributed by atoms with Crippen LogP contribution in [0.25, 0.3) is 0 Å². The summed E-state index contributed by atoms with van der Waals surface area (Å²) < 4.78 is 12.9. The van der Waals surface area contributed by atoms with Gasteiger partial charge in [-0.15, -0.1) is 12.4 Å². The molecule has 2 N–H and O–H groups in total. The van der Waals surface area contributed by atoms with Crippen molar-refractivity contribution in [2.45, 2.75) is 19.8 Å². The molecular formula is C12H18ClFN2. The van der Waals surface area contributed by atoms with Gasteiger partial charge in [0.2, 0.25) is 0 Å². The summed E-state index contributed by atoms with van der Waals surface area (Å²) in [4.78, 5) is 2.25. The minimum absolute atomic E-state index is 0. The van der Waals surface area contributed by atoms with Gasteiger partial charge < -0.3 is 10.6 Å². The molecule has 0 aliphatic carbocycles. The lowest BCUT2D eigenvalue weighted by molar-refractivity contribution is 0.447. The van der Waals surface area contributed by atoms with E-state index in [1.165, 1.54) is 25.0 Å². The van der Waals surface area contributed by atoms with Crippen LogP contribution in [-0.4, -0.2) is 13.1 Å². The highest BCUT2D eigenvalue weighted by atomic mass is 35.5. The Morgan fingerprint density at radius 3 is 2.81 bits per heavy atom. The predicted octanol–water partition coefficient (Wildman–Crippen LogP) is 3.07. The molecule has 2 nitrogen and oxygen atoms in total. The first-order chi connectivity index (χ1) is 7.16. The third-order valence-electron chi connectivity index (χ3n) is 2.99. The molecule has 4 heteroatoms. The van der Waals surface area contributed by atoms with E-state index < -0.39 is 0 Å². The monoisotopic (exact) mass is 244 g/mol. The van der Waals surface area contributed by atoms with Crippen LogP contribution in [0.1, 0.15) is 19.8 Å². The van der Waals surface area contributed by atoms with Crippen LogP contribution in [0.3, 0.4) is 0 Å². The van der Waals surface area contributed by atoms with E-state index in [9.17, 15) is 4.39 Å². The first-order valence-electron chi connectivity index (χ1n) is 5.47. The Balaban J connectivity index is 0.00000128. The predicted molar refractivity (Wildman–Crippen MR) is 68.7 cm³/mol. The van der Waals surface area contributed by atoms with Crippen molar-refractivity contribution in [2.75, 3.05) is 23.7 Å². The number of hydrogen-bond donors (Lipinski definition) is 1. The molecule has 1 heterocycles. The van der Waals surface area contributed by atoms with Crippen molar-refractivity contribution in [1.82, 2.24) is 0 Å². The Morgan fingerprint density at radius 2 is 2.19 bits per heavy atom. The average Bonchev–Trinajstić information content (AvgIpc) is 2.17.